The molecule has 0 atom stereocenters. The van der Waals surface area contributed by atoms with Gasteiger partial charge in [-0.1, -0.05) is 29.8 Å². The summed E-state index contributed by atoms with van der Waals surface area (Å²) in [5.41, 5.74) is 2.05. The summed E-state index contributed by atoms with van der Waals surface area (Å²) in [6.45, 7) is 2.44. The molecule has 2 aromatic heterocycles. The van der Waals surface area contributed by atoms with Crippen molar-refractivity contribution in [2.24, 2.45) is 0 Å². The van der Waals surface area contributed by atoms with E-state index in [0.29, 0.717) is 4.88 Å². The van der Waals surface area contributed by atoms with Gasteiger partial charge in [0.25, 0.3) is 0 Å². The highest BCUT2D eigenvalue weighted by atomic mass is 32.1. The van der Waals surface area contributed by atoms with Crippen molar-refractivity contribution in [1.29, 1.82) is 0 Å². The van der Waals surface area contributed by atoms with Crippen molar-refractivity contribution in [3.8, 4) is 0 Å². The van der Waals surface area contributed by atoms with Crippen LogP contribution in [-0.2, 0) is 22.7 Å². The Kier molecular flexibility index (Phi) is 5.83. The molecule has 27 heavy (non-hydrogen) atoms. The van der Waals surface area contributed by atoms with E-state index in [0.717, 1.165) is 16.0 Å². The monoisotopic (exact) mass is 382 g/mol. The highest BCUT2D eigenvalue weighted by Gasteiger charge is 2.16. The predicted octanol–water partition coefficient (Wildman–Crippen LogP) is 2.81. The van der Waals surface area contributed by atoms with Gasteiger partial charge in [-0.05, 0) is 36.8 Å². The second-order valence-corrected chi connectivity index (χ2v) is 7.09. The number of nitrogens with one attached hydrogen (secondary N) is 2. The van der Waals surface area contributed by atoms with Crippen molar-refractivity contribution in [2.75, 3.05) is 0 Å². The maximum absolute atomic E-state index is 12.2. The van der Waals surface area contributed by atoms with Gasteiger partial charge in [-0.2, -0.15) is 0 Å². The van der Waals surface area contributed by atoms with Crippen LogP contribution < -0.4 is 10.6 Å². The number of rotatable bonds is 6. The summed E-state index contributed by atoms with van der Waals surface area (Å²) in [7, 11) is 0. The second-order valence-electron chi connectivity index (χ2n) is 5.92. The molecule has 1 aromatic carbocycles. The molecule has 0 aliphatic rings. The van der Waals surface area contributed by atoms with Crippen molar-refractivity contribution in [1.82, 2.24) is 10.6 Å². The maximum Gasteiger partial charge on any atom is 0.309 e. The van der Waals surface area contributed by atoms with Crippen LogP contribution in [0, 0.1) is 6.92 Å². The number of aryl methyl sites for hydroxylation is 1. The lowest BCUT2D eigenvalue weighted by atomic mass is 10.1. The first kappa shape index (κ1) is 18.6. The third-order valence-electron chi connectivity index (χ3n) is 3.83. The Labute approximate surface area is 160 Å². The molecule has 2 heterocycles. The van der Waals surface area contributed by atoms with E-state index in [1.54, 1.807) is 24.3 Å². The smallest absolute Gasteiger partial charge is 0.309 e. The molecule has 7 heteroatoms. The Hall–Kier alpha value is -3.19. The molecule has 0 aliphatic carbocycles. The lowest BCUT2D eigenvalue weighted by Gasteiger charge is -2.06. The molecule has 6 nitrogen and oxygen atoms in total. The van der Waals surface area contributed by atoms with E-state index in [1.165, 1.54) is 17.6 Å². The van der Waals surface area contributed by atoms with Crippen LogP contribution in [0.15, 0.2) is 59.2 Å². The van der Waals surface area contributed by atoms with E-state index in [1.807, 2.05) is 31.2 Å². The minimum Gasteiger partial charge on any atom is -0.461 e. The average Bonchev–Trinajstić information content (AvgIpc) is 3.37. The largest absolute Gasteiger partial charge is 0.461 e. The van der Waals surface area contributed by atoms with Crippen molar-refractivity contribution < 1.29 is 18.8 Å². The highest BCUT2D eigenvalue weighted by molar-refractivity contribution is 7.14. The Bertz CT molecular complexity index is 943. The topological polar surface area (TPSA) is 88.4 Å². The Morgan fingerprint density at radius 2 is 1.63 bits per heavy atom. The van der Waals surface area contributed by atoms with Crippen LogP contribution in [0.1, 0.15) is 31.4 Å². The summed E-state index contributed by atoms with van der Waals surface area (Å²) in [4.78, 5) is 37.3. The van der Waals surface area contributed by atoms with Gasteiger partial charge in [0.05, 0.1) is 17.7 Å². The van der Waals surface area contributed by atoms with Gasteiger partial charge in [-0.25, -0.2) is 0 Å². The minimum absolute atomic E-state index is 0.173. The summed E-state index contributed by atoms with van der Waals surface area (Å²) < 4.78 is 5.09. The van der Waals surface area contributed by atoms with Crippen LogP contribution in [0.5, 0.6) is 0 Å². The third kappa shape index (κ3) is 4.92. The van der Waals surface area contributed by atoms with Crippen LogP contribution in [0.2, 0.25) is 0 Å². The van der Waals surface area contributed by atoms with Crippen LogP contribution in [0.4, 0.5) is 0 Å². The van der Waals surface area contributed by atoms with Crippen molar-refractivity contribution in [2.45, 2.75) is 20.0 Å². The first-order valence-corrected chi connectivity index (χ1v) is 9.13. The van der Waals surface area contributed by atoms with E-state index in [-0.39, 0.29) is 24.6 Å². The minimum atomic E-state index is -0.713. The second kappa shape index (κ2) is 8.46. The van der Waals surface area contributed by atoms with Gasteiger partial charge < -0.3 is 15.1 Å². The highest BCUT2D eigenvalue weighted by Crippen LogP contribution is 2.20. The fourth-order valence-electron chi connectivity index (χ4n) is 2.34. The van der Waals surface area contributed by atoms with Crippen LogP contribution >= 0.6 is 11.3 Å². The molecule has 3 rings (SSSR count). The molecule has 0 unspecified atom stereocenters. The molecule has 0 bridgehead atoms. The molecule has 0 aliphatic heterocycles. The number of thiophene rings is 1. The number of benzene rings is 1. The molecule has 0 saturated carbocycles. The molecular formula is C20H18N2O4S. The van der Waals surface area contributed by atoms with E-state index in [2.05, 4.69) is 10.6 Å². The zero-order valence-corrected chi connectivity index (χ0v) is 15.5. The molecule has 138 valence electrons. The SMILES string of the molecule is Cc1ccc(CNC(=O)C(=O)NCc2ccc(C(=O)c3ccco3)s2)cc1. The lowest BCUT2D eigenvalue weighted by molar-refractivity contribution is -0.139. The van der Waals surface area contributed by atoms with E-state index in [4.69, 9.17) is 4.42 Å². The van der Waals surface area contributed by atoms with E-state index < -0.39 is 11.8 Å². The molecular weight excluding hydrogens is 364 g/mol. The number of carbonyl (C=O) groups excluding carboxylic acids is 3. The molecule has 0 saturated heterocycles. The van der Waals surface area contributed by atoms with Crippen LogP contribution in [-0.4, -0.2) is 17.6 Å². The van der Waals surface area contributed by atoms with Gasteiger partial charge in [-0.3, -0.25) is 14.4 Å². The number of hydrogen-bond acceptors (Lipinski definition) is 5. The van der Waals surface area contributed by atoms with Crippen LogP contribution in [0.3, 0.4) is 0 Å². The van der Waals surface area contributed by atoms with Gasteiger partial charge in [-0.15, -0.1) is 11.3 Å². The maximum atomic E-state index is 12.2. The van der Waals surface area contributed by atoms with Crippen molar-refractivity contribution in [3.05, 3.63) is 81.4 Å². The molecule has 0 spiro atoms. The van der Waals surface area contributed by atoms with Crippen molar-refractivity contribution in [3.63, 3.8) is 0 Å². The zero-order valence-electron chi connectivity index (χ0n) is 14.7. The Morgan fingerprint density at radius 1 is 0.926 bits per heavy atom. The fourth-order valence-corrected chi connectivity index (χ4v) is 3.23. The number of hydrogen-bond donors (Lipinski definition) is 2. The van der Waals surface area contributed by atoms with E-state index >= 15 is 0 Å². The quantitative estimate of drug-likeness (QED) is 0.507. The molecule has 2 amide bonds. The number of ketones is 1. The number of carbonyl (C=O) groups is 3. The Balaban J connectivity index is 1.48. The standard InChI is InChI=1S/C20H18N2O4S/c1-13-4-6-14(7-5-13)11-21-19(24)20(25)22-12-15-8-9-17(27-15)18(23)16-3-2-10-26-16/h2-10H,11-12H2,1H3,(H,21,24)(H,22,25). The zero-order chi connectivity index (χ0) is 19.2. The van der Waals surface area contributed by atoms with Gasteiger partial charge in [0.2, 0.25) is 5.78 Å². The molecule has 3 aromatic rings. The molecule has 0 fully saturated rings. The summed E-state index contributed by atoms with van der Waals surface area (Å²) in [6.07, 6.45) is 1.44. The average molecular weight is 382 g/mol. The van der Waals surface area contributed by atoms with Crippen molar-refractivity contribution >= 4 is 28.9 Å². The lowest BCUT2D eigenvalue weighted by Crippen LogP contribution is -2.39. The van der Waals surface area contributed by atoms with E-state index in [9.17, 15) is 14.4 Å². The number of amides is 2. The summed E-state index contributed by atoms with van der Waals surface area (Å²) in [6, 6.07) is 14.4. The Morgan fingerprint density at radius 3 is 2.30 bits per heavy atom. The first-order valence-electron chi connectivity index (χ1n) is 8.31. The molecule has 2 N–H and O–H groups in total. The molecule has 0 radical (unpaired) electrons. The fraction of sp³-hybridized carbons (Fsp3) is 0.150. The van der Waals surface area contributed by atoms with Crippen LogP contribution in [0.25, 0.3) is 0 Å². The van der Waals surface area contributed by atoms with Gasteiger partial charge >= 0.3 is 11.8 Å². The predicted molar refractivity (Wildman–Crippen MR) is 101 cm³/mol. The van der Waals surface area contributed by atoms with Gasteiger partial charge in [0.1, 0.15) is 0 Å². The summed E-state index contributed by atoms with van der Waals surface area (Å²) in [5.74, 6) is -1.35. The summed E-state index contributed by atoms with van der Waals surface area (Å²) in [5, 5.41) is 5.14. The summed E-state index contributed by atoms with van der Waals surface area (Å²) >= 11 is 1.25. The normalized spacial score (nSPS) is 10.4. The number of furan rings is 1. The first-order chi connectivity index (χ1) is 13.0. The van der Waals surface area contributed by atoms with Gasteiger partial charge in [0.15, 0.2) is 5.76 Å². The van der Waals surface area contributed by atoms with Gasteiger partial charge in [0, 0.05) is 11.4 Å². The third-order valence-corrected chi connectivity index (χ3v) is 4.92.